The van der Waals surface area contributed by atoms with Gasteiger partial charge in [-0.25, -0.2) is 0 Å². The van der Waals surface area contributed by atoms with Gasteiger partial charge in [-0.15, -0.1) is 5.10 Å². The molecule has 1 aromatic rings. The molecule has 0 aliphatic heterocycles. The highest BCUT2D eigenvalue weighted by atomic mass is 15.2. The van der Waals surface area contributed by atoms with E-state index in [4.69, 9.17) is 5.73 Å². The van der Waals surface area contributed by atoms with Crippen molar-refractivity contribution in [1.29, 1.82) is 0 Å². The first-order valence-electron chi connectivity index (χ1n) is 4.44. The Bertz CT molecular complexity index is 262. The summed E-state index contributed by atoms with van der Waals surface area (Å²) in [7, 11) is 2.00. The lowest BCUT2D eigenvalue weighted by molar-refractivity contribution is 0.777. The Morgan fingerprint density at radius 3 is 2.92 bits per heavy atom. The van der Waals surface area contributed by atoms with Crippen LogP contribution in [0.2, 0.25) is 0 Å². The van der Waals surface area contributed by atoms with Gasteiger partial charge in [-0.3, -0.25) is 0 Å². The molecule has 0 unspecified atom stereocenters. The fourth-order valence-corrected chi connectivity index (χ4v) is 1.08. The zero-order valence-corrected chi connectivity index (χ0v) is 8.20. The average molecular weight is 180 g/mol. The van der Waals surface area contributed by atoms with Crippen molar-refractivity contribution in [3.8, 4) is 0 Å². The molecular formula is C9H16N4. The minimum Gasteiger partial charge on any atom is -0.358 e. The third-order valence-electron chi connectivity index (χ3n) is 1.87. The SMILES string of the molecule is Cc1cnnc(N(C)CCCN)c1. The van der Waals surface area contributed by atoms with Crippen LogP contribution in [0.25, 0.3) is 0 Å². The van der Waals surface area contributed by atoms with Gasteiger partial charge in [-0.1, -0.05) is 0 Å². The highest BCUT2D eigenvalue weighted by Crippen LogP contribution is 2.08. The normalized spacial score (nSPS) is 10.1. The second-order valence-electron chi connectivity index (χ2n) is 3.15. The highest BCUT2D eigenvalue weighted by Gasteiger charge is 2.01. The van der Waals surface area contributed by atoms with Crippen molar-refractivity contribution in [2.45, 2.75) is 13.3 Å². The number of hydrogen-bond acceptors (Lipinski definition) is 4. The maximum absolute atomic E-state index is 5.42. The molecule has 13 heavy (non-hydrogen) atoms. The molecule has 0 aliphatic carbocycles. The number of anilines is 1. The fraction of sp³-hybridized carbons (Fsp3) is 0.556. The second-order valence-corrected chi connectivity index (χ2v) is 3.15. The molecule has 0 fully saturated rings. The zero-order chi connectivity index (χ0) is 9.68. The molecule has 0 amide bonds. The predicted octanol–water partition coefficient (Wildman–Crippen LogP) is 0.570. The first kappa shape index (κ1) is 9.92. The maximum Gasteiger partial charge on any atom is 0.151 e. The van der Waals surface area contributed by atoms with Gasteiger partial charge in [-0.2, -0.15) is 5.10 Å². The molecule has 2 N–H and O–H groups in total. The van der Waals surface area contributed by atoms with E-state index in [2.05, 4.69) is 15.1 Å². The Balaban J connectivity index is 2.60. The molecule has 0 bridgehead atoms. The summed E-state index contributed by atoms with van der Waals surface area (Å²) in [4.78, 5) is 2.06. The summed E-state index contributed by atoms with van der Waals surface area (Å²) < 4.78 is 0. The van der Waals surface area contributed by atoms with Crippen LogP contribution in [0.3, 0.4) is 0 Å². The molecule has 0 radical (unpaired) electrons. The van der Waals surface area contributed by atoms with Gasteiger partial charge in [0.25, 0.3) is 0 Å². The van der Waals surface area contributed by atoms with Crippen LogP contribution in [0.1, 0.15) is 12.0 Å². The highest BCUT2D eigenvalue weighted by molar-refractivity contribution is 5.37. The summed E-state index contributed by atoms with van der Waals surface area (Å²) in [5.74, 6) is 0.911. The van der Waals surface area contributed by atoms with Crippen LogP contribution in [0.4, 0.5) is 5.82 Å². The number of hydrogen-bond donors (Lipinski definition) is 1. The van der Waals surface area contributed by atoms with Crippen molar-refractivity contribution in [2.75, 3.05) is 25.0 Å². The van der Waals surface area contributed by atoms with Crippen LogP contribution in [0, 0.1) is 6.92 Å². The molecular weight excluding hydrogens is 164 g/mol. The second kappa shape index (κ2) is 4.77. The summed E-state index contributed by atoms with van der Waals surface area (Å²) in [6, 6.07) is 2.02. The molecule has 1 rings (SSSR count). The molecule has 1 aromatic heterocycles. The van der Waals surface area contributed by atoms with Crippen molar-refractivity contribution >= 4 is 5.82 Å². The van der Waals surface area contributed by atoms with Crippen molar-refractivity contribution in [3.63, 3.8) is 0 Å². The van der Waals surface area contributed by atoms with E-state index in [0.717, 1.165) is 24.3 Å². The molecule has 0 saturated carbocycles. The predicted molar refractivity (Wildman–Crippen MR) is 53.7 cm³/mol. The van der Waals surface area contributed by atoms with Crippen LogP contribution in [-0.4, -0.2) is 30.3 Å². The smallest absolute Gasteiger partial charge is 0.151 e. The van der Waals surface area contributed by atoms with E-state index >= 15 is 0 Å². The van der Waals surface area contributed by atoms with Crippen molar-refractivity contribution in [1.82, 2.24) is 10.2 Å². The molecule has 4 heteroatoms. The summed E-state index contributed by atoms with van der Waals surface area (Å²) in [5.41, 5.74) is 6.55. The number of aryl methyl sites for hydroxylation is 1. The minimum atomic E-state index is 0.712. The third kappa shape index (κ3) is 2.99. The number of aromatic nitrogens is 2. The third-order valence-corrected chi connectivity index (χ3v) is 1.87. The number of nitrogens with two attached hydrogens (primary N) is 1. The minimum absolute atomic E-state index is 0.712. The maximum atomic E-state index is 5.42. The molecule has 0 saturated heterocycles. The standard InChI is InChI=1S/C9H16N4/c1-8-6-9(12-11-7-8)13(2)5-3-4-10/h6-7H,3-5,10H2,1-2H3. The van der Waals surface area contributed by atoms with Gasteiger partial charge in [0.05, 0.1) is 6.20 Å². The molecule has 0 spiro atoms. The fourth-order valence-electron chi connectivity index (χ4n) is 1.08. The van der Waals surface area contributed by atoms with E-state index in [1.54, 1.807) is 6.20 Å². The van der Waals surface area contributed by atoms with E-state index in [-0.39, 0.29) is 0 Å². The molecule has 72 valence electrons. The monoisotopic (exact) mass is 180 g/mol. The average Bonchev–Trinajstić information content (AvgIpc) is 2.14. The summed E-state index contributed by atoms with van der Waals surface area (Å²) in [5, 5.41) is 7.92. The Labute approximate surface area is 78.8 Å². The van der Waals surface area contributed by atoms with E-state index in [1.165, 1.54) is 0 Å². The van der Waals surface area contributed by atoms with Crippen LogP contribution >= 0.6 is 0 Å². The molecule has 0 aliphatic rings. The van der Waals surface area contributed by atoms with E-state index in [1.807, 2.05) is 20.0 Å². The van der Waals surface area contributed by atoms with Crippen LogP contribution in [0.5, 0.6) is 0 Å². The van der Waals surface area contributed by atoms with Gasteiger partial charge in [0.2, 0.25) is 0 Å². The van der Waals surface area contributed by atoms with E-state index in [9.17, 15) is 0 Å². The first-order valence-corrected chi connectivity index (χ1v) is 4.44. The Morgan fingerprint density at radius 2 is 2.31 bits per heavy atom. The summed E-state index contributed by atoms with van der Waals surface area (Å²) in [6.45, 7) is 3.65. The van der Waals surface area contributed by atoms with Crippen LogP contribution < -0.4 is 10.6 Å². The summed E-state index contributed by atoms with van der Waals surface area (Å²) in [6.07, 6.45) is 2.73. The molecule has 0 atom stereocenters. The Kier molecular flexibility index (Phi) is 3.64. The lowest BCUT2D eigenvalue weighted by Crippen LogP contribution is -2.22. The van der Waals surface area contributed by atoms with Crippen molar-refractivity contribution < 1.29 is 0 Å². The van der Waals surface area contributed by atoms with Crippen molar-refractivity contribution in [3.05, 3.63) is 17.8 Å². The largest absolute Gasteiger partial charge is 0.358 e. The molecule has 1 heterocycles. The Morgan fingerprint density at radius 1 is 1.54 bits per heavy atom. The number of nitrogens with zero attached hydrogens (tertiary/aromatic N) is 3. The number of rotatable bonds is 4. The van der Waals surface area contributed by atoms with Crippen molar-refractivity contribution in [2.24, 2.45) is 5.73 Å². The topological polar surface area (TPSA) is 55.0 Å². The zero-order valence-electron chi connectivity index (χ0n) is 8.20. The summed E-state index contributed by atoms with van der Waals surface area (Å²) >= 11 is 0. The van der Waals surface area contributed by atoms with Gasteiger partial charge in [0.15, 0.2) is 5.82 Å². The van der Waals surface area contributed by atoms with Crippen LogP contribution in [-0.2, 0) is 0 Å². The molecule has 4 nitrogen and oxygen atoms in total. The Hall–Kier alpha value is -1.16. The van der Waals surface area contributed by atoms with Crippen LogP contribution in [0.15, 0.2) is 12.3 Å². The molecule has 0 aromatic carbocycles. The van der Waals surface area contributed by atoms with E-state index in [0.29, 0.717) is 6.54 Å². The van der Waals surface area contributed by atoms with Gasteiger partial charge in [0.1, 0.15) is 0 Å². The van der Waals surface area contributed by atoms with Gasteiger partial charge < -0.3 is 10.6 Å². The van der Waals surface area contributed by atoms with E-state index < -0.39 is 0 Å². The van der Waals surface area contributed by atoms with Gasteiger partial charge >= 0.3 is 0 Å². The van der Waals surface area contributed by atoms with Gasteiger partial charge in [-0.05, 0) is 31.5 Å². The lowest BCUT2D eigenvalue weighted by atomic mass is 10.3. The van der Waals surface area contributed by atoms with Gasteiger partial charge in [0, 0.05) is 13.6 Å². The first-order chi connectivity index (χ1) is 6.24. The lowest BCUT2D eigenvalue weighted by Gasteiger charge is -2.16. The quantitative estimate of drug-likeness (QED) is 0.736.